The van der Waals surface area contributed by atoms with Crippen molar-refractivity contribution in [3.63, 3.8) is 0 Å². The van der Waals surface area contributed by atoms with E-state index in [-0.39, 0.29) is 16.4 Å². The summed E-state index contributed by atoms with van der Waals surface area (Å²) in [7, 11) is 0. The van der Waals surface area contributed by atoms with Gasteiger partial charge in [0.2, 0.25) is 0 Å². The van der Waals surface area contributed by atoms with E-state index in [9.17, 15) is 23.7 Å². The summed E-state index contributed by atoms with van der Waals surface area (Å²) in [5.41, 5.74) is 1.98. The summed E-state index contributed by atoms with van der Waals surface area (Å²) in [4.78, 5) is 28.1. The van der Waals surface area contributed by atoms with Crippen LogP contribution in [0.1, 0.15) is 10.4 Å². The highest BCUT2D eigenvalue weighted by atomic mass is 32.1. The minimum Gasteiger partial charge on any atom is -0.298 e. The normalized spacial score (nSPS) is 10.6. The number of non-ortho nitro benzene ring substituents is 1. The van der Waals surface area contributed by atoms with Gasteiger partial charge >= 0.3 is 0 Å². The third kappa shape index (κ3) is 4.46. The quantitative estimate of drug-likeness (QED) is 0.310. The predicted molar refractivity (Wildman–Crippen MR) is 114 cm³/mol. The first-order chi connectivity index (χ1) is 14.9. The summed E-state index contributed by atoms with van der Waals surface area (Å²) < 4.78 is 26.5. The van der Waals surface area contributed by atoms with Crippen molar-refractivity contribution in [1.82, 2.24) is 4.98 Å². The number of nitro benzene ring substituents is 1. The smallest absolute Gasteiger partial charge is 0.269 e. The van der Waals surface area contributed by atoms with Crippen molar-refractivity contribution >= 4 is 28.1 Å². The molecular formula is C22H13F2N3O3S. The van der Waals surface area contributed by atoms with Crippen molar-refractivity contribution in [2.75, 3.05) is 5.32 Å². The topological polar surface area (TPSA) is 85.1 Å². The largest absolute Gasteiger partial charge is 0.298 e. The van der Waals surface area contributed by atoms with Gasteiger partial charge in [0.25, 0.3) is 11.6 Å². The zero-order valence-corrected chi connectivity index (χ0v) is 16.5. The van der Waals surface area contributed by atoms with Gasteiger partial charge in [-0.3, -0.25) is 20.2 Å². The van der Waals surface area contributed by atoms with E-state index < -0.39 is 22.5 Å². The minimum absolute atomic E-state index is 0.0542. The van der Waals surface area contributed by atoms with E-state index in [0.717, 1.165) is 0 Å². The van der Waals surface area contributed by atoms with Gasteiger partial charge in [-0.05, 0) is 66.2 Å². The fourth-order valence-electron chi connectivity index (χ4n) is 2.88. The lowest BCUT2D eigenvalue weighted by atomic mass is 10.1. The Morgan fingerprint density at radius 1 is 0.871 bits per heavy atom. The van der Waals surface area contributed by atoms with Crippen molar-refractivity contribution in [3.8, 4) is 21.7 Å². The predicted octanol–water partition coefficient (Wildman–Crippen LogP) is 5.92. The SMILES string of the molecule is O=C(Nc1nc(-c2ccc(F)cc2)c(-c2ccc([N+](=O)[O-])cc2)s1)c1ccc(F)cc1. The molecule has 0 atom stereocenters. The molecule has 4 rings (SSSR count). The molecule has 1 N–H and O–H groups in total. The van der Waals surface area contributed by atoms with E-state index in [1.807, 2.05) is 0 Å². The maximum Gasteiger partial charge on any atom is 0.269 e. The first-order valence-electron chi connectivity index (χ1n) is 8.99. The molecule has 31 heavy (non-hydrogen) atoms. The maximum absolute atomic E-state index is 13.4. The van der Waals surface area contributed by atoms with Gasteiger partial charge in [-0.25, -0.2) is 13.8 Å². The zero-order valence-electron chi connectivity index (χ0n) is 15.7. The Morgan fingerprint density at radius 2 is 1.42 bits per heavy atom. The number of aromatic nitrogens is 1. The van der Waals surface area contributed by atoms with Gasteiger partial charge in [0.15, 0.2) is 5.13 Å². The van der Waals surface area contributed by atoms with Crippen LogP contribution in [0.3, 0.4) is 0 Å². The van der Waals surface area contributed by atoms with Crippen molar-refractivity contribution in [2.24, 2.45) is 0 Å². The van der Waals surface area contributed by atoms with Crippen LogP contribution in [-0.2, 0) is 0 Å². The summed E-state index contributed by atoms with van der Waals surface area (Å²) in [5.74, 6) is -1.32. The molecule has 0 unspecified atom stereocenters. The summed E-state index contributed by atoms with van der Waals surface area (Å²) >= 11 is 1.17. The monoisotopic (exact) mass is 437 g/mol. The number of thiazole rings is 1. The summed E-state index contributed by atoms with van der Waals surface area (Å²) in [5, 5.41) is 13.9. The van der Waals surface area contributed by atoms with Gasteiger partial charge in [-0.15, -0.1) is 0 Å². The minimum atomic E-state index is -0.494. The molecule has 0 fully saturated rings. The Hall–Kier alpha value is -3.98. The molecule has 154 valence electrons. The highest BCUT2D eigenvalue weighted by Crippen LogP contribution is 2.39. The molecule has 0 aliphatic heterocycles. The van der Waals surface area contributed by atoms with E-state index in [0.29, 0.717) is 21.7 Å². The maximum atomic E-state index is 13.4. The average Bonchev–Trinajstić information content (AvgIpc) is 3.18. The van der Waals surface area contributed by atoms with Gasteiger partial charge in [0.05, 0.1) is 15.5 Å². The number of nitro groups is 1. The molecule has 6 nitrogen and oxygen atoms in total. The first-order valence-corrected chi connectivity index (χ1v) is 9.81. The van der Waals surface area contributed by atoms with Gasteiger partial charge in [0, 0.05) is 23.3 Å². The highest BCUT2D eigenvalue weighted by molar-refractivity contribution is 7.19. The summed E-state index contributed by atoms with van der Waals surface area (Å²) in [6.45, 7) is 0. The molecular weight excluding hydrogens is 424 g/mol. The van der Waals surface area contributed by atoms with Crippen LogP contribution >= 0.6 is 11.3 Å². The number of hydrogen-bond donors (Lipinski definition) is 1. The molecule has 1 amide bonds. The second-order valence-electron chi connectivity index (χ2n) is 6.47. The van der Waals surface area contributed by atoms with Crippen molar-refractivity contribution in [2.45, 2.75) is 0 Å². The fraction of sp³-hybridized carbons (Fsp3) is 0. The van der Waals surface area contributed by atoms with Crippen LogP contribution in [0, 0.1) is 21.7 Å². The van der Waals surface area contributed by atoms with Crippen LogP contribution in [0.4, 0.5) is 19.6 Å². The van der Waals surface area contributed by atoms with Crippen molar-refractivity contribution in [3.05, 3.63) is 100 Å². The summed E-state index contributed by atoms with van der Waals surface area (Å²) in [6.07, 6.45) is 0. The van der Waals surface area contributed by atoms with Gasteiger partial charge in [-0.1, -0.05) is 11.3 Å². The van der Waals surface area contributed by atoms with Crippen molar-refractivity contribution in [1.29, 1.82) is 0 Å². The number of amides is 1. The van der Waals surface area contributed by atoms with Crippen LogP contribution in [0.25, 0.3) is 21.7 Å². The van der Waals surface area contributed by atoms with Crippen LogP contribution in [0.15, 0.2) is 72.8 Å². The Labute approximate surface area is 179 Å². The molecule has 0 aliphatic rings. The molecule has 0 bridgehead atoms. The van der Waals surface area contributed by atoms with Crippen LogP contribution in [-0.4, -0.2) is 15.8 Å². The molecule has 0 radical (unpaired) electrons. The molecule has 4 aromatic rings. The Kier molecular flexibility index (Phi) is 5.50. The first kappa shape index (κ1) is 20.3. The molecule has 0 spiro atoms. The molecule has 1 aromatic heterocycles. The number of carbonyl (C=O) groups is 1. The number of rotatable bonds is 5. The molecule has 0 saturated heterocycles. The number of benzene rings is 3. The molecule has 3 aromatic carbocycles. The van der Waals surface area contributed by atoms with E-state index in [4.69, 9.17) is 0 Å². The van der Waals surface area contributed by atoms with Crippen LogP contribution in [0.2, 0.25) is 0 Å². The lowest BCUT2D eigenvalue weighted by Crippen LogP contribution is -2.11. The number of halogens is 2. The third-order valence-electron chi connectivity index (χ3n) is 4.41. The van der Waals surface area contributed by atoms with Crippen LogP contribution < -0.4 is 5.32 Å². The average molecular weight is 437 g/mol. The summed E-state index contributed by atoms with van der Waals surface area (Å²) in [6, 6.07) is 16.7. The molecule has 0 saturated carbocycles. The lowest BCUT2D eigenvalue weighted by Gasteiger charge is -2.03. The molecule has 1 heterocycles. The molecule has 9 heteroatoms. The van der Waals surface area contributed by atoms with Crippen molar-refractivity contribution < 1.29 is 18.5 Å². The lowest BCUT2D eigenvalue weighted by molar-refractivity contribution is -0.384. The van der Waals surface area contributed by atoms with E-state index >= 15 is 0 Å². The van der Waals surface area contributed by atoms with Crippen LogP contribution in [0.5, 0.6) is 0 Å². The van der Waals surface area contributed by atoms with Gasteiger partial charge < -0.3 is 0 Å². The Bertz CT molecular complexity index is 1250. The number of nitrogens with one attached hydrogen (secondary N) is 1. The molecule has 0 aliphatic carbocycles. The Balaban J connectivity index is 1.72. The standard InChI is InChI=1S/C22H13F2N3O3S/c23-16-7-1-13(2-8-16)19-20(14-5-11-18(12-6-14)27(29)30)31-22(25-19)26-21(28)15-3-9-17(24)10-4-15/h1-12H,(H,25,26,28). The van der Waals surface area contributed by atoms with E-state index in [1.54, 1.807) is 24.3 Å². The Morgan fingerprint density at radius 3 is 2.00 bits per heavy atom. The third-order valence-corrected chi connectivity index (χ3v) is 5.43. The highest BCUT2D eigenvalue weighted by Gasteiger charge is 2.18. The second-order valence-corrected chi connectivity index (χ2v) is 7.47. The van der Waals surface area contributed by atoms with Gasteiger partial charge in [-0.2, -0.15) is 0 Å². The van der Waals surface area contributed by atoms with E-state index in [1.165, 1.54) is 59.9 Å². The second kappa shape index (κ2) is 8.41. The number of carbonyl (C=O) groups excluding carboxylic acids is 1. The number of hydrogen-bond acceptors (Lipinski definition) is 5. The zero-order chi connectivity index (χ0) is 22.0. The fourth-order valence-corrected chi connectivity index (χ4v) is 3.87. The number of anilines is 1. The van der Waals surface area contributed by atoms with E-state index in [2.05, 4.69) is 10.3 Å². The number of nitrogens with zero attached hydrogens (tertiary/aromatic N) is 2. The van der Waals surface area contributed by atoms with Gasteiger partial charge in [0.1, 0.15) is 11.6 Å².